The number of nitrogens with zero attached hydrogens (tertiary/aromatic N) is 1. The lowest BCUT2D eigenvalue weighted by atomic mass is 10.2. The van der Waals surface area contributed by atoms with E-state index in [1.165, 1.54) is 23.7 Å². The topological polar surface area (TPSA) is 75.7 Å². The second-order valence-electron chi connectivity index (χ2n) is 5.81. The van der Waals surface area contributed by atoms with Crippen LogP contribution in [0.3, 0.4) is 0 Å². The van der Waals surface area contributed by atoms with Gasteiger partial charge in [-0.3, -0.25) is 19.3 Å². The first-order valence-electron chi connectivity index (χ1n) is 8.00. The highest BCUT2D eigenvalue weighted by molar-refractivity contribution is 8.00. The number of carbonyl (C=O) groups is 3. The number of likely N-dealkylation sites (tertiary alicyclic amines) is 1. The number of carbonyl (C=O) groups excluding carboxylic acids is 3. The fraction of sp³-hybridized carbons (Fsp3) is 0.211. The molecule has 1 atom stereocenters. The molecule has 7 heteroatoms. The normalized spacial score (nSPS) is 16.7. The molecule has 0 aliphatic carbocycles. The molecule has 3 amide bonds. The van der Waals surface area contributed by atoms with Gasteiger partial charge in [0, 0.05) is 29.6 Å². The Balaban J connectivity index is 1.61. The summed E-state index contributed by atoms with van der Waals surface area (Å²) >= 11 is 1.36. The summed E-state index contributed by atoms with van der Waals surface area (Å²) in [5.41, 5.74) is 1.18. The van der Waals surface area contributed by atoms with E-state index in [4.69, 9.17) is 4.74 Å². The molecule has 6 nitrogen and oxygen atoms in total. The molecule has 0 aromatic heterocycles. The number of anilines is 1. The zero-order chi connectivity index (χ0) is 18.7. The number of nitrogens with one attached hydrogen (secondary N) is 1. The zero-order valence-corrected chi connectivity index (χ0v) is 15.2. The van der Waals surface area contributed by atoms with Gasteiger partial charge in [0.25, 0.3) is 5.91 Å². The van der Waals surface area contributed by atoms with Crippen molar-refractivity contribution < 1.29 is 19.1 Å². The van der Waals surface area contributed by atoms with Gasteiger partial charge in [-0.05, 0) is 48.5 Å². The Morgan fingerprint density at radius 2 is 1.77 bits per heavy atom. The van der Waals surface area contributed by atoms with E-state index in [9.17, 15) is 14.4 Å². The van der Waals surface area contributed by atoms with E-state index in [2.05, 4.69) is 5.32 Å². The largest absolute Gasteiger partial charge is 0.497 e. The van der Waals surface area contributed by atoms with Crippen molar-refractivity contribution in [2.45, 2.75) is 16.6 Å². The summed E-state index contributed by atoms with van der Waals surface area (Å²) in [4.78, 5) is 37.8. The summed E-state index contributed by atoms with van der Waals surface area (Å²) in [6.45, 7) is 0. The van der Waals surface area contributed by atoms with Gasteiger partial charge in [0.05, 0.1) is 12.4 Å². The van der Waals surface area contributed by atoms with E-state index >= 15 is 0 Å². The maximum absolute atomic E-state index is 12.2. The van der Waals surface area contributed by atoms with Crippen LogP contribution in [0.15, 0.2) is 53.4 Å². The maximum Gasteiger partial charge on any atom is 0.255 e. The third kappa shape index (κ3) is 3.88. The first-order chi connectivity index (χ1) is 12.5. The van der Waals surface area contributed by atoms with Crippen molar-refractivity contribution in [3.8, 4) is 5.75 Å². The number of hydrogen-bond acceptors (Lipinski definition) is 5. The summed E-state index contributed by atoms with van der Waals surface area (Å²) in [6.07, 6.45) is 0.218. The number of ether oxygens (including phenoxy) is 1. The SMILES string of the molecule is COc1ccc(C(=O)Nc2ccc(SC3CC(=O)N(C)C3=O)cc2)cc1. The number of methoxy groups -OCH3 is 1. The highest BCUT2D eigenvalue weighted by Gasteiger charge is 2.36. The number of rotatable bonds is 5. The van der Waals surface area contributed by atoms with Gasteiger partial charge in [0.15, 0.2) is 0 Å². The molecule has 0 radical (unpaired) electrons. The van der Waals surface area contributed by atoms with Crippen LogP contribution in [0.1, 0.15) is 16.8 Å². The minimum absolute atomic E-state index is 0.157. The van der Waals surface area contributed by atoms with Gasteiger partial charge >= 0.3 is 0 Å². The quantitative estimate of drug-likeness (QED) is 0.819. The predicted octanol–water partition coefficient (Wildman–Crippen LogP) is 2.80. The summed E-state index contributed by atoms with van der Waals surface area (Å²) in [7, 11) is 3.07. The minimum Gasteiger partial charge on any atom is -0.497 e. The van der Waals surface area contributed by atoms with Crippen molar-refractivity contribution in [3.05, 3.63) is 54.1 Å². The number of amides is 3. The lowest BCUT2D eigenvalue weighted by molar-refractivity contribution is -0.136. The Bertz CT molecular complexity index is 834. The van der Waals surface area contributed by atoms with Crippen LogP contribution in [-0.2, 0) is 9.59 Å². The van der Waals surface area contributed by atoms with Gasteiger partial charge in [-0.25, -0.2) is 0 Å². The van der Waals surface area contributed by atoms with Crippen LogP contribution in [-0.4, -0.2) is 42.0 Å². The lowest BCUT2D eigenvalue weighted by Crippen LogP contribution is -2.26. The van der Waals surface area contributed by atoms with Crippen molar-refractivity contribution in [2.24, 2.45) is 0 Å². The van der Waals surface area contributed by atoms with Gasteiger partial charge in [-0.2, -0.15) is 0 Å². The van der Waals surface area contributed by atoms with E-state index in [1.54, 1.807) is 43.5 Å². The minimum atomic E-state index is -0.382. The molecule has 2 aromatic carbocycles. The van der Waals surface area contributed by atoms with Gasteiger partial charge < -0.3 is 10.1 Å². The molecule has 1 aliphatic heterocycles. The van der Waals surface area contributed by atoms with Crippen LogP contribution in [0, 0.1) is 0 Å². The van der Waals surface area contributed by atoms with E-state index < -0.39 is 0 Å². The molecule has 0 bridgehead atoms. The summed E-state index contributed by atoms with van der Waals surface area (Å²) in [6, 6.07) is 14.0. The van der Waals surface area contributed by atoms with E-state index in [0.717, 1.165) is 4.90 Å². The van der Waals surface area contributed by atoms with Crippen molar-refractivity contribution in [2.75, 3.05) is 19.5 Å². The van der Waals surface area contributed by atoms with E-state index in [-0.39, 0.29) is 29.4 Å². The first kappa shape index (κ1) is 18.0. The Kier molecular flexibility index (Phi) is 5.27. The Labute approximate surface area is 155 Å². The van der Waals surface area contributed by atoms with Crippen LogP contribution in [0.25, 0.3) is 0 Å². The molecular formula is C19H18N2O4S. The molecule has 1 aliphatic rings. The van der Waals surface area contributed by atoms with Gasteiger partial charge in [0.2, 0.25) is 11.8 Å². The van der Waals surface area contributed by atoms with Crippen molar-refractivity contribution >= 4 is 35.2 Å². The number of imide groups is 1. The number of thioether (sulfide) groups is 1. The summed E-state index contributed by atoms with van der Waals surface area (Å²) < 4.78 is 5.07. The molecule has 3 rings (SSSR count). The molecule has 2 aromatic rings. The third-order valence-corrected chi connectivity index (χ3v) is 5.28. The molecular weight excluding hydrogens is 352 g/mol. The van der Waals surface area contributed by atoms with Gasteiger partial charge in [0.1, 0.15) is 5.75 Å². The van der Waals surface area contributed by atoms with Crippen molar-refractivity contribution in [1.29, 1.82) is 0 Å². The van der Waals surface area contributed by atoms with Crippen LogP contribution in [0.5, 0.6) is 5.75 Å². The molecule has 1 unspecified atom stereocenters. The molecule has 0 saturated carbocycles. The highest BCUT2D eigenvalue weighted by atomic mass is 32.2. The molecule has 134 valence electrons. The summed E-state index contributed by atoms with van der Waals surface area (Å²) in [5.74, 6) is 0.146. The molecule has 1 heterocycles. The van der Waals surface area contributed by atoms with E-state index in [1.807, 2.05) is 12.1 Å². The fourth-order valence-electron chi connectivity index (χ4n) is 2.54. The number of benzene rings is 2. The Morgan fingerprint density at radius 1 is 1.12 bits per heavy atom. The average molecular weight is 370 g/mol. The van der Waals surface area contributed by atoms with Crippen molar-refractivity contribution in [1.82, 2.24) is 4.90 Å². The van der Waals surface area contributed by atoms with Gasteiger partial charge in [-0.1, -0.05) is 0 Å². The van der Waals surface area contributed by atoms with Crippen LogP contribution in [0.2, 0.25) is 0 Å². The average Bonchev–Trinajstić information content (AvgIpc) is 2.90. The molecule has 26 heavy (non-hydrogen) atoms. The second kappa shape index (κ2) is 7.61. The third-order valence-electron chi connectivity index (χ3n) is 4.08. The standard InChI is InChI=1S/C19H18N2O4S/c1-21-17(22)11-16(19(21)24)26-15-9-5-13(6-10-15)20-18(23)12-3-7-14(25-2)8-4-12/h3-10,16H,11H2,1-2H3,(H,20,23). The lowest BCUT2D eigenvalue weighted by Gasteiger charge is -2.10. The second-order valence-corrected chi connectivity index (χ2v) is 7.08. The highest BCUT2D eigenvalue weighted by Crippen LogP contribution is 2.31. The predicted molar refractivity (Wildman–Crippen MR) is 99.4 cm³/mol. The smallest absolute Gasteiger partial charge is 0.255 e. The summed E-state index contributed by atoms with van der Waals surface area (Å²) in [5, 5.41) is 2.44. The molecule has 1 N–H and O–H groups in total. The molecule has 1 saturated heterocycles. The van der Waals surface area contributed by atoms with Crippen LogP contribution in [0.4, 0.5) is 5.69 Å². The number of hydrogen-bond donors (Lipinski definition) is 1. The van der Waals surface area contributed by atoms with Crippen LogP contribution < -0.4 is 10.1 Å². The molecule has 0 spiro atoms. The zero-order valence-electron chi connectivity index (χ0n) is 14.4. The van der Waals surface area contributed by atoms with Crippen LogP contribution >= 0.6 is 11.8 Å². The maximum atomic E-state index is 12.2. The van der Waals surface area contributed by atoms with E-state index in [0.29, 0.717) is 17.0 Å². The van der Waals surface area contributed by atoms with Gasteiger partial charge in [-0.15, -0.1) is 11.8 Å². The Morgan fingerprint density at radius 3 is 2.31 bits per heavy atom. The molecule has 1 fully saturated rings. The van der Waals surface area contributed by atoms with Crippen molar-refractivity contribution in [3.63, 3.8) is 0 Å². The fourth-order valence-corrected chi connectivity index (χ4v) is 3.65. The first-order valence-corrected chi connectivity index (χ1v) is 8.88. The Hall–Kier alpha value is -2.80. The monoisotopic (exact) mass is 370 g/mol.